The van der Waals surface area contributed by atoms with Crippen LogP contribution in [0.2, 0.25) is 5.02 Å². The Bertz CT molecular complexity index is 1450. The lowest BCUT2D eigenvalue weighted by Gasteiger charge is -2.05. The largest absolute Gasteiger partial charge is 0.268 e. The Hall–Kier alpha value is -3.17. The first-order valence-corrected chi connectivity index (χ1v) is 10.3. The second kappa shape index (κ2) is 6.71. The number of H-pyrrole nitrogens is 1. The molecule has 0 unspecified atom stereocenters. The van der Waals surface area contributed by atoms with Crippen LogP contribution in [-0.4, -0.2) is 40.6 Å². The van der Waals surface area contributed by atoms with Crippen molar-refractivity contribution in [2.75, 3.05) is 6.26 Å². The molecule has 8 nitrogen and oxygen atoms in total. The molecule has 29 heavy (non-hydrogen) atoms. The van der Waals surface area contributed by atoms with Crippen molar-refractivity contribution >= 4 is 39.9 Å². The number of rotatable bonds is 3. The lowest BCUT2D eigenvalue weighted by Crippen LogP contribution is -2.20. The summed E-state index contributed by atoms with van der Waals surface area (Å²) in [6, 6.07) is 9.38. The van der Waals surface area contributed by atoms with Crippen LogP contribution in [0.25, 0.3) is 33.6 Å². The van der Waals surface area contributed by atoms with E-state index in [1.165, 1.54) is 16.3 Å². The molecule has 0 aliphatic carbocycles. The molecule has 5 rings (SSSR count). The van der Waals surface area contributed by atoms with E-state index in [0.29, 0.717) is 32.7 Å². The van der Waals surface area contributed by atoms with Gasteiger partial charge < -0.3 is 0 Å². The zero-order valence-corrected chi connectivity index (χ0v) is 17.0. The van der Waals surface area contributed by atoms with E-state index >= 15 is 0 Å². The van der Waals surface area contributed by atoms with Crippen LogP contribution in [0.15, 0.2) is 52.7 Å². The second-order valence-electron chi connectivity index (χ2n) is 6.40. The highest BCUT2D eigenvalue weighted by molar-refractivity contribution is 7.98. The van der Waals surface area contributed by atoms with Crippen LogP contribution in [0.1, 0.15) is 5.69 Å². The van der Waals surface area contributed by atoms with E-state index < -0.39 is 0 Å². The van der Waals surface area contributed by atoms with Gasteiger partial charge in [0.15, 0.2) is 5.65 Å². The lowest BCUT2D eigenvalue weighted by molar-refractivity contribution is 0.892. The molecule has 4 aromatic heterocycles. The number of aromatic nitrogens is 7. The zero-order valence-electron chi connectivity index (χ0n) is 15.4. The first-order chi connectivity index (χ1) is 14.1. The highest BCUT2D eigenvalue weighted by Gasteiger charge is 2.17. The molecule has 144 valence electrons. The molecule has 0 amide bonds. The van der Waals surface area contributed by atoms with Gasteiger partial charge in [-0.05, 0) is 36.9 Å². The summed E-state index contributed by atoms with van der Waals surface area (Å²) in [4.78, 5) is 21.9. The minimum atomic E-state index is -0.252. The molecule has 0 bridgehead atoms. The molecule has 0 aliphatic heterocycles. The summed E-state index contributed by atoms with van der Waals surface area (Å²) >= 11 is 7.56. The molecule has 4 heterocycles. The number of halogens is 1. The predicted octanol–water partition coefficient (Wildman–Crippen LogP) is 3.50. The van der Waals surface area contributed by atoms with Crippen LogP contribution in [0.4, 0.5) is 0 Å². The maximum Gasteiger partial charge on any atom is 0.268 e. The molecular weight excluding hydrogens is 410 g/mol. The summed E-state index contributed by atoms with van der Waals surface area (Å²) in [5, 5.41) is 13.1. The smallest absolute Gasteiger partial charge is 0.268 e. The van der Waals surface area contributed by atoms with Gasteiger partial charge in [0, 0.05) is 23.0 Å². The number of aryl methyl sites for hydroxylation is 1. The summed E-state index contributed by atoms with van der Waals surface area (Å²) in [5.41, 5.74) is 3.69. The third-order valence-electron chi connectivity index (χ3n) is 4.66. The number of benzene rings is 1. The quantitative estimate of drug-likeness (QED) is 0.446. The Balaban J connectivity index is 1.75. The van der Waals surface area contributed by atoms with Crippen LogP contribution in [0.5, 0.6) is 0 Å². The van der Waals surface area contributed by atoms with Crippen molar-refractivity contribution in [3.05, 3.63) is 63.8 Å². The van der Waals surface area contributed by atoms with Crippen molar-refractivity contribution in [3.8, 4) is 17.1 Å². The predicted molar refractivity (Wildman–Crippen MR) is 113 cm³/mol. The fourth-order valence-corrected chi connectivity index (χ4v) is 3.87. The van der Waals surface area contributed by atoms with E-state index in [1.54, 1.807) is 16.9 Å². The minimum Gasteiger partial charge on any atom is -0.268 e. The Labute approximate surface area is 173 Å². The minimum absolute atomic E-state index is 0.252. The van der Waals surface area contributed by atoms with Crippen LogP contribution in [0, 0.1) is 6.92 Å². The summed E-state index contributed by atoms with van der Waals surface area (Å²) in [5.74, 6) is 0.359. The average molecular weight is 424 g/mol. The Morgan fingerprint density at radius 3 is 2.86 bits per heavy atom. The van der Waals surface area contributed by atoms with Gasteiger partial charge in [-0.3, -0.25) is 9.36 Å². The van der Waals surface area contributed by atoms with Gasteiger partial charge in [0.2, 0.25) is 11.1 Å². The van der Waals surface area contributed by atoms with Crippen molar-refractivity contribution in [1.82, 2.24) is 34.3 Å². The van der Waals surface area contributed by atoms with Gasteiger partial charge in [-0.25, -0.2) is 14.6 Å². The van der Waals surface area contributed by atoms with Crippen LogP contribution >= 0.6 is 23.4 Å². The van der Waals surface area contributed by atoms with Gasteiger partial charge in [0.25, 0.3) is 5.56 Å². The molecule has 1 N–H and O–H groups in total. The van der Waals surface area contributed by atoms with Gasteiger partial charge in [-0.1, -0.05) is 35.5 Å². The van der Waals surface area contributed by atoms with Crippen molar-refractivity contribution in [3.63, 3.8) is 0 Å². The molecule has 0 aliphatic rings. The molecule has 5 aromatic rings. The number of hydrogen-bond acceptors (Lipinski definition) is 6. The molecule has 10 heteroatoms. The monoisotopic (exact) mass is 423 g/mol. The van der Waals surface area contributed by atoms with E-state index in [2.05, 4.69) is 25.3 Å². The average Bonchev–Trinajstić information content (AvgIpc) is 3.32. The molecule has 0 saturated heterocycles. The first-order valence-electron chi connectivity index (χ1n) is 8.69. The number of nitrogens with zero attached hydrogens (tertiary/aromatic N) is 6. The van der Waals surface area contributed by atoms with Gasteiger partial charge in [-0.15, -0.1) is 5.10 Å². The van der Waals surface area contributed by atoms with Crippen molar-refractivity contribution in [2.24, 2.45) is 0 Å². The zero-order chi connectivity index (χ0) is 20.1. The summed E-state index contributed by atoms with van der Waals surface area (Å²) in [6.45, 7) is 1.91. The van der Waals surface area contributed by atoms with E-state index in [1.807, 2.05) is 43.5 Å². The Kier molecular flexibility index (Phi) is 4.14. The van der Waals surface area contributed by atoms with Crippen molar-refractivity contribution < 1.29 is 0 Å². The SMILES string of the molecule is CSc1n[nH]c(-n2ccc3c(cnc4c(-c5cccc(Cl)c5)c(C)nn43)c2=O)n1. The normalized spacial score (nSPS) is 11.6. The van der Waals surface area contributed by atoms with E-state index in [4.69, 9.17) is 11.6 Å². The van der Waals surface area contributed by atoms with Gasteiger partial charge >= 0.3 is 0 Å². The molecule has 0 radical (unpaired) electrons. The molecule has 0 fully saturated rings. The maximum absolute atomic E-state index is 13.0. The highest BCUT2D eigenvalue weighted by Crippen LogP contribution is 2.30. The lowest BCUT2D eigenvalue weighted by atomic mass is 10.1. The van der Waals surface area contributed by atoms with Crippen molar-refractivity contribution in [1.29, 1.82) is 0 Å². The number of fused-ring (bicyclic) bond motifs is 3. The third-order valence-corrected chi connectivity index (χ3v) is 5.45. The van der Waals surface area contributed by atoms with Crippen molar-refractivity contribution in [2.45, 2.75) is 12.1 Å². The number of aromatic amines is 1. The molecule has 1 aromatic carbocycles. The molecule has 0 spiro atoms. The van der Waals surface area contributed by atoms with Gasteiger partial charge in [0.1, 0.15) is 0 Å². The van der Waals surface area contributed by atoms with Crippen LogP contribution in [0.3, 0.4) is 0 Å². The molecule has 0 atom stereocenters. The summed E-state index contributed by atoms with van der Waals surface area (Å²) in [6.07, 6.45) is 5.10. The fraction of sp³-hybridized carbons (Fsp3) is 0.105. The number of thioether (sulfide) groups is 1. The summed E-state index contributed by atoms with van der Waals surface area (Å²) in [7, 11) is 0. The second-order valence-corrected chi connectivity index (χ2v) is 7.61. The molecular formula is C19H14ClN7OS. The Morgan fingerprint density at radius 2 is 2.10 bits per heavy atom. The standard InChI is InChI=1S/C19H14ClN7OS/c1-10-15(11-4-3-5-12(20)8-11)16-21-9-13-14(27(16)25-10)6-7-26(17(13)28)18-22-19(29-2)24-23-18/h3-9H,1-2H3,(H,22,23,24). The topological polar surface area (TPSA) is 93.8 Å². The third kappa shape index (κ3) is 2.81. The fourth-order valence-electron chi connectivity index (χ4n) is 3.36. The number of pyridine rings is 1. The summed E-state index contributed by atoms with van der Waals surface area (Å²) < 4.78 is 3.11. The van der Waals surface area contributed by atoms with E-state index in [9.17, 15) is 4.79 Å². The molecule has 0 saturated carbocycles. The van der Waals surface area contributed by atoms with Gasteiger partial charge in [0.05, 0.1) is 16.6 Å². The van der Waals surface area contributed by atoms with Crippen LogP contribution in [-0.2, 0) is 0 Å². The number of nitrogens with one attached hydrogen (secondary N) is 1. The first kappa shape index (κ1) is 17.9. The van der Waals surface area contributed by atoms with Gasteiger partial charge in [-0.2, -0.15) is 10.1 Å². The van der Waals surface area contributed by atoms with E-state index in [-0.39, 0.29) is 5.56 Å². The Morgan fingerprint density at radius 1 is 1.24 bits per heavy atom. The van der Waals surface area contributed by atoms with Crippen LogP contribution < -0.4 is 5.56 Å². The maximum atomic E-state index is 13.0. The number of hydrogen-bond donors (Lipinski definition) is 1. The highest BCUT2D eigenvalue weighted by atomic mass is 35.5. The van der Waals surface area contributed by atoms with E-state index in [0.717, 1.165) is 16.8 Å².